The van der Waals surface area contributed by atoms with E-state index in [1.165, 1.54) is 24.3 Å². The standard InChI is InChI=1S/C13H10N2O4/c14-12-9(5-3-6-10(12)13(16)17)8-4-1-2-7-11(8)15(18)19/h1-7H,14H2,(H,16,17). The number of nitrogens with two attached hydrogens (primary N) is 1. The van der Waals surface area contributed by atoms with Crippen LogP contribution in [0.1, 0.15) is 10.4 Å². The molecule has 0 unspecified atom stereocenters. The highest BCUT2D eigenvalue weighted by Crippen LogP contribution is 2.34. The van der Waals surface area contributed by atoms with Crippen molar-refractivity contribution in [3.05, 3.63) is 58.1 Å². The summed E-state index contributed by atoms with van der Waals surface area (Å²) in [5, 5.41) is 20.0. The lowest BCUT2D eigenvalue weighted by atomic mass is 9.99. The van der Waals surface area contributed by atoms with E-state index in [0.29, 0.717) is 11.1 Å². The summed E-state index contributed by atoms with van der Waals surface area (Å²) in [4.78, 5) is 21.5. The first kappa shape index (κ1) is 12.6. The van der Waals surface area contributed by atoms with Gasteiger partial charge in [0.25, 0.3) is 5.69 Å². The van der Waals surface area contributed by atoms with Gasteiger partial charge in [-0.1, -0.05) is 24.3 Å². The monoisotopic (exact) mass is 258 g/mol. The highest BCUT2D eigenvalue weighted by atomic mass is 16.6. The first-order chi connectivity index (χ1) is 9.02. The molecule has 19 heavy (non-hydrogen) atoms. The molecule has 0 saturated carbocycles. The van der Waals surface area contributed by atoms with Gasteiger partial charge in [-0.25, -0.2) is 4.79 Å². The topological polar surface area (TPSA) is 106 Å². The minimum absolute atomic E-state index is 0.0179. The van der Waals surface area contributed by atoms with Crippen molar-refractivity contribution in [2.24, 2.45) is 0 Å². The van der Waals surface area contributed by atoms with Gasteiger partial charge in [0, 0.05) is 11.6 Å². The fourth-order valence-electron chi connectivity index (χ4n) is 1.85. The molecule has 6 nitrogen and oxygen atoms in total. The zero-order valence-corrected chi connectivity index (χ0v) is 9.74. The highest BCUT2D eigenvalue weighted by Gasteiger charge is 2.19. The van der Waals surface area contributed by atoms with Gasteiger partial charge < -0.3 is 10.8 Å². The predicted molar refractivity (Wildman–Crippen MR) is 69.9 cm³/mol. The number of benzene rings is 2. The van der Waals surface area contributed by atoms with Crippen LogP contribution in [0, 0.1) is 10.1 Å². The molecule has 0 radical (unpaired) electrons. The fourth-order valence-corrected chi connectivity index (χ4v) is 1.85. The summed E-state index contributed by atoms with van der Waals surface area (Å²) in [6.45, 7) is 0. The molecule has 0 aliphatic carbocycles. The largest absolute Gasteiger partial charge is 0.478 e. The summed E-state index contributed by atoms with van der Waals surface area (Å²) in [6, 6.07) is 10.5. The summed E-state index contributed by atoms with van der Waals surface area (Å²) in [5.41, 5.74) is 6.25. The molecule has 0 aliphatic rings. The quantitative estimate of drug-likeness (QED) is 0.499. The number of hydrogen-bond acceptors (Lipinski definition) is 4. The first-order valence-electron chi connectivity index (χ1n) is 5.38. The van der Waals surface area contributed by atoms with Crippen LogP contribution in [0.2, 0.25) is 0 Å². The van der Waals surface area contributed by atoms with Gasteiger partial charge >= 0.3 is 5.97 Å². The number of nitrogen functional groups attached to an aromatic ring is 1. The van der Waals surface area contributed by atoms with Crippen LogP contribution in [0.15, 0.2) is 42.5 Å². The summed E-state index contributed by atoms with van der Waals surface area (Å²) in [7, 11) is 0. The van der Waals surface area contributed by atoms with Crippen LogP contribution in [0.4, 0.5) is 11.4 Å². The Morgan fingerprint density at radius 3 is 2.37 bits per heavy atom. The lowest BCUT2D eigenvalue weighted by Gasteiger charge is -2.08. The van der Waals surface area contributed by atoms with Gasteiger partial charge in [-0.05, 0) is 12.1 Å². The Balaban J connectivity index is 2.70. The van der Waals surface area contributed by atoms with Gasteiger partial charge in [0.05, 0.1) is 21.7 Å². The van der Waals surface area contributed by atoms with E-state index in [9.17, 15) is 14.9 Å². The molecule has 0 aliphatic heterocycles. The lowest BCUT2D eigenvalue weighted by Crippen LogP contribution is -2.04. The number of hydrogen-bond donors (Lipinski definition) is 2. The molecule has 2 rings (SSSR count). The number of nitro groups is 1. The zero-order valence-electron chi connectivity index (χ0n) is 9.74. The van der Waals surface area contributed by atoms with Crippen LogP contribution < -0.4 is 5.73 Å². The van der Waals surface area contributed by atoms with Crippen molar-refractivity contribution in [1.82, 2.24) is 0 Å². The van der Waals surface area contributed by atoms with E-state index in [4.69, 9.17) is 10.8 Å². The molecule has 6 heteroatoms. The van der Waals surface area contributed by atoms with Crippen LogP contribution in [0.25, 0.3) is 11.1 Å². The van der Waals surface area contributed by atoms with Crippen molar-refractivity contribution in [2.45, 2.75) is 0 Å². The molecule has 0 atom stereocenters. The van der Waals surface area contributed by atoms with E-state index >= 15 is 0 Å². The second-order valence-electron chi connectivity index (χ2n) is 3.85. The molecule has 0 spiro atoms. The highest BCUT2D eigenvalue weighted by molar-refractivity contribution is 5.99. The summed E-state index contributed by atoms with van der Waals surface area (Å²) in [6.07, 6.45) is 0. The third kappa shape index (κ3) is 2.23. The van der Waals surface area contributed by atoms with E-state index in [1.54, 1.807) is 18.2 Å². The van der Waals surface area contributed by atoms with Crippen molar-refractivity contribution >= 4 is 17.3 Å². The third-order valence-corrected chi connectivity index (χ3v) is 2.73. The van der Waals surface area contributed by atoms with E-state index in [-0.39, 0.29) is 16.9 Å². The Kier molecular flexibility index (Phi) is 3.15. The molecule has 0 heterocycles. The molecule has 96 valence electrons. The smallest absolute Gasteiger partial charge is 0.337 e. The van der Waals surface area contributed by atoms with E-state index in [0.717, 1.165) is 0 Å². The van der Waals surface area contributed by atoms with E-state index in [2.05, 4.69) is 0 Å². The Morgan fingerprint density at radius 1 is 1.11 bits per heavy atom. The molecule has 0 fully saturated rings. The lowest BCUT2D eigenvalue weighted by molar-refractivity contribution is -0.384. The number of carboxylic acids is 1. The van der Waals surface area contributed by atoms with E-state index < -0.39 is 10.9 Å². The zero-order chi connectivity index (χ0) is 14.0. The van der Waals surface area contributed by atoms with Crippen LogP contribution in [0.3, 0.4) is 0 Å². The van der Waals surface area contributed by atoms with Crippen LogP contribution in [0.5, 0.6) is 0 Å². The Labute approximate surface area is 108 Å². The summed E-state index contributed by atoms with van der Waals surface area (Å²) >= 11 is 0. The Morgan fingerprint density at radius 2 is 1.74 bits per heavy atom. The molecule has 2 aromatic carbocycles. The van der Waals surface area contributed by atoms with Gasteiger partial charge in [0.15, 0.2) is 0 Å². The average molecular weight is 258 g/mol. The molecular weight excluding hydrogens is 248 g/mol. The number of aromatic carboxylic acids is 1. The van der Waals surface area contributed by atoms with Crippen LogP contribution in [-0.4, -0.2) is 16.0 Å². The van der Waals surface area contributed by atoms with Crippen LogP contribution >= 0.6 is 0 Å². The molecule has 2 aromatic rings. The minimum Gasteiger partial charge on any atom is -0.478 e. The SMILES string of the molecule is Nc1c(C(=O)O)cccc1-c1ccccc1[N+](=O)[O-]. The van der Waals surface area contributed by atoms with Crippen LogP contribution in [-0.2, 0) is 0 Å². The molecule has 0 bridgehead atoms. The number of rotatable bonds is 3. The average Bonchev–Trinajstić information content (AvgIpc) is 2.38. The van der Waals surface area contributed by atoms with Gasteiger partial charge in [0.1, 0.15) is 0 Å². The fraction of sp³-hybridized carbons (Fsp3) is 0. The first-order valence-corrected chi connectivity index (χ1v) is 5.38. The normalized spacial score (nSPS) is 10.1. The van der Waals surface area contributed by atoms with Crippen molar-refractivity contribution in [1.29, 1.82) is 0 Å². The molecule has 0 aromatic heterocycles. The number of carbonyl (C=O) groups is 1. The number of nitrogens with zero attached hydrogens (tertiary/aromatic N) is 1. The van der Waals surface area contributed by atoms with Gasteiger partial charge in [0.2, 0.25) is 0 Å². The third-order valence-electron chi connectivity index (χ3n) is 2.73. The molecule has 0 amide bonds. The Bertz CT molecular complexity index is 667. The Hall–Kier alpha value is -2.89. The maximum Gasteiger partial charge on any atom is 0.337 e. The molecule has 3 N–H and O–H groups in total. The van der Waals surface area contributed by atoms with Crippen molar-refractivity contribution in [3.8, 4) is 11.1 Å². The van der Waals surface area contributed by atoms with Gasteiger partial charge in [-0.3, -0.25) is 10.1 Å². The van der Waals surface area contributed by atoms with Crippen molar-refractivity contribution in [2.75, 3.05) is 5.73 Å². The predicted octanol–water partition coefficient (Wildman–Crippen LogP) is 2.54. The van der Waals surface area contributed by atoms with Gasteiger partial charge in [-0.2, -0.15) is 0 Å². The number of nitro benzene ring substituents is 1. The number of anilines is 1. The molecule has 0 saturated heterocycles. The molecular formula is C13H10N2O4. The summed E-state index contributed by atoms with van der Waals surface area (Å²) < 4.78 is 0. The second kappa shape index (κ2) is 4.77. The maximum absolute atomic E-state index is 11.0. The van der Waals surface area contributed by atoms with Crippen molar-refractivity contribution < 1.29 is 14.8 Å². The van der Waals surface area contributed by atoms with Gasteiger partial charge in [-0.15, -0.1) is 0 Å². The number of para-hydroxylation sites is 2. The summed E-state index contributed by atoms with van der Waals surface area (Å²) in [5.74, 6) is -1.17. The minimum atomic E-state index is -1.17. The van der Waals surface area contributed by atoms with Crippen molar-refractivity contribution in [3.63, 3.8) is 0 Å². The maximum atomic E-state index is 11.0. The second-order valence-corrected chi connectivity index (χ2v) is 3.85. The number of carboxylic acid groups (broad SMARTS) is 1. The van der Waals surface area contributed by atoms with E-state index in [1.807, 2.05) is 0 Å².